The van der Waals surface area contributed by atoms with Crippen molar-refractivity contribution in [1.29, 1.82) is 0 Å². The summed E-state index contributed by atoms with van der Waals surface area (Å²) in [6, 6.07) is 17.7. The fraction of sp³-hybridized carbons (Fsp3) is 0.217. The zero-order valence-electron chi connectivity index (χ0n) is 17.2. The first-order chi connectivity index (χ1) is 14.5. The molecular formula is C23H23NO6. The Morgan fingerprint density at radius 2 is 1.17 bits per heavy atom. The predicted molar refractivity (Wildman–Crippen MR) is 113 cm³/mol. The predicted octanol–water partition coefficient (Wildman–Crippen LogP) is 4.81. The van der Waals surface area contributed by atoms with Gasteiger partial charge < -0.3 is 18.9 Å². The third kappa shape index (κ3) is 4.15. The Morgan fingerprint density at radius 3 is 1.53 bits per heavy atom. The molecule has 0 unspecified atom stereocenters. The van der Waals surface area contributed by atoms with Crippen LogP contribution < -0.4 is 18.9 Å². The van der Waals surface area contributed by atoms with E-state index in [9.17, 15) is 10.1 Å². The third-order valence-electron chi connectivity index (χ3n) is 4.94. The van der Waals surface area contributed by atoms with Crippen LogP contribution in [0.4, 0.5) is 5.69 Å². The van der Waals surface area contributed by atoms with Crippen LogP contribution in [0.25, 0.3) is 0 Å². The highest BCUT2D eigenvalue weighted by Crippen LogP contribution is 2.43. The van der Waals surface area contributed by atoms with E-state index in [4.69, 9.17) is 18.9 Å². The van der Waals surface area contributed by atoms with E-state index in [1.807, 2.05) is 36.4 Å². The first-order valence-electron chi connectivity index (χ1n) is 9.20. The third-order valence-corrected chi connectivity index (χ3v) is 4.94. The maximum atomic E-state index is 11.1. The molecule has 0 heterocycles. The van der Waals surface area contributed by atoms with E-state index >= 15 is 0 Å². The van der Waals surface area contributed by atoms with Gasteiger partial charge in [-0.3, -0.25) is 10.1 Å². The number of hydrogen-bond acceptors (Lipinski definition) is 6. The lowest BCUT2D eigenvalue weighted by atomic mass is 9.84. The monoisotopic (exact) mass is 409 g/mol. The number of nitro benzene ring substituents is 1. The molecule has 0 aliphatic carbocycles. The molecule has 0 aliphatic heterocycles. The largest absolute Gasteiger partial charge is 0.497 e. The molecule has 3 rings (SSSR count). The lowest BCUT2D eigenvalue weighted by Gasteiger charge is -2.23. The average molecular weight is 409 g/mol. The molecule has 0 saturated heterocycles. The topological polar surface area (TPSA) is 80.1 Å². The van der Waals surface area contributed by atoms with Crippen molar-refractivity contribution in [2.24, 2.45) is 0 Å². The quantitative estimate of drug-likeness (QED) is 0.302. The summed E-state index contributed by atoms with van der Waals surface area (Å²) in [4.78, 5) is 10.7. The van der Waals surface area contributed by atoms with E-state index in [1.165, 1.54) is 12.1 Å². The molecule has 0 radical (unpaired) electrons. The van der Waals surface area contributed by atoms with Gasteiger partial charge in [-0.15, -0.1) is 0 Å². The van der Waals surface area contributed by atoms with Gasteiger partial charge in [-0.2, -0.15) is 0 Å². The second-order valence-corrected chi connectivity index (χ2v) is 6.50. The Labute approximate surface area is 174 Å². The van der Waals surface area contributed by atoms with Crippen molar-refractivity contribution in [3.05, 3.63) is 87.5 Å². The number of benzene rings is 3. The van der Waals surface area contributed by atoms with Gasteiger partial charge in [0.2, 0.25) is 0 Å². The zero-order chi connectivity index (χ0) is 21.7. The maximum Gasteiger partial charge on any atom is 0.269 e. The summed E-state index contributed by atoms with van der Waals surface area (Å²) < 4.78 is 21.9. The SMILES string of the molecule is COc1ccc(C(c2ccc([N+](=O)[O-])cc2)c2ccc(OC)cc2OC)c(OC)c1. The molecule has 0 spiro atoms. The molecule has 3 aromatic rings. The van der Waals surface area contributed by atoms with Gasteiger partial charge in [0.05, 0.1) is 33.4 Å². The fourth-order valence-corrected chi connectivity index (χ4v) is 3.43. The number of hydrogen-bond donors (Lipinski definition) is 0. The van der Waals surface area contributed by atoms with Gasteiger partial charge in [0.15, 0.2) is 0 Å². The summed E-state index contributed by atoms with van der Waals surface area (Å²) in [5, 5.41) is 11.1. The van der Waals surface area contributed by atoms with Crippen molar-refractivity contribution < 1.29 is 23.9 Å². The molecular weight excluding hydrogens is 386 g/mol. The Balaban J connectivity index is 2.23. The van der Waals surface area contributed by atoms with Crippen LogP contribution in [-0.2, 0) is 0 Å². The van der Waals surface area contributed by atoms with Gasteiger partial charge >= 0.3 is 0 Å². The summed E-state index contributed by atoms with van der Waals surface area (Å²) in [5.41, 5.74) is 2.62. The van der Waals surface area contributed by atoms with Crippen molar-refractivity contribution in [1.82, 2.24) is 0 Å². The summed E-state index contributed by atoms with van der Waals surface area (Å²) in [6.07, 6.45) is 0. The van der Waals surface area contributed by atoms with Crippen LogP contribution >= 0.6 is 0 Å². The normalized spacial score (nSPS) is 10.6. The molecule has 3 aromatic carbocycles. The van der Waals surface area contributed by atoms with Gasteiger partial charge in [-0.05, 0) is 17.7 Å². The first-order valence-corrected chi connectivity index (χ1v) is 9.20. The summed E-state index contributed by atoms with van der Waals surface area (Å²) in [6.45, 7) is 0. The zero-order valence-corrected chi connectivity index (χ0v) is 17.2. The van der Waals surface area contributed by atoms with E-state index in [1.54, 1.807) is 40.6 Å². The first kappa shape index (κ1) is 21.0. The highest BCUT2D eigenvalue weighted by atomic mass is 16.6. The van der Waals surface area contributed by atoms with E-state index in [0.29, 0.717) is 23.0 Å². The Bertz CT molecular complexity index is 977. The number of ether oxygens (including phenoxy) is 4. The van der Waals surface area contributed by atoms with Gasteiger partial charge in [0, 0.05) is 41.3 Å². The molecule has 30 heavy (non-hydrogen) atoms. The minimum atomic E-state index is -0.416. The van der Waals surface area contributed by atoms with Crippen LogP contribution in [-0.4, -0.2) is 33.4 Å². The molecule has 0 amide bonds. The van der Waals surface area contributed by atoms with Crippen molar-refractivity contribution in [2.45, 2.75) is 5.92 Å². The minimum absolute atomic E-state index is 0.0286. The standard InChI is InChI=1S/C23H23NO6/c1-27-17-9-11-19(21(13-17)29-3)23(15-5-7-16(8-6-15)24(25)26)20-12-10-18(28-2)14-22(20)30-4/h5-14,23H,1-4H3. The van der Waals surface area contributed by atoms with Crippen molar-refractivity contribution in [3.8, 4) is 23.0 Å². The van der Waals surface area contributed by atoms with Crippen LogP contribution in [0.2, 0.25) is 0 Å². The minimum Gasteiger partial charge on any atom is -0.497 e. The highest BCUT2D eigenvalue weighted by Gasteiger charge is 2.25. The molecule has 0 bridgehead atoms. The molecule has 0 aliphatic rings. The summed E-state index contributed by atoms with van der Waals surface area (Å²) in [7, 11) is 6.37. The van der Waals surface area contributed by atoms with Crippen LogP contribution in [0.1, 0.15) is 22.6 Å². The molecule has 7 nitrogen and oxygen atoms in total. The smallest absolute Gasteiger partial charge is 0.269 e. The molecule has 0 N–H and O–H groups in total. The molecule has 0 aromatic heterocycles. The molecule has 156 valence electrons. The summed E-state index contributed by atoms with van der Waals surface area (Å²) >= 11 is 0. The second-order valence-electron chi connectivity index (χ2n) is 6.50. The van der Waals surface area contributed by atoms with E-state index in [-0.39, 0.29) is 11.6 Å². The lowest BCUT2D eigenvalue weighted by Crippen LogP contribution is -2.08. The molecule has 0 saturated carbocycles. The highest BCUT2D eigenvalue weighted by molar-refractivity contribution is 5.56. The van der Waals surface area contributed by atoms with Gasteiger partial charge in [0.1, 0.15) is 23.0 Å². The number of nitrogens with zero attached hydrogens (tertiary/aromatic N) is 1. The van der Waals surface area contributed by atoms with Crippen molar-refractivity contribution >= 4 is 5.69 Å². The molecule has 7 heteroatoms. The van der Waals surface area contributed by atoms with Crippen molar-refractivity contribution in [2.75, 3.05) is 28.4 Å². The van der Waals surface area contributed by atoms with Gasteiger partial charge in [-0.25, -0.2) is 0 Å². The second kappa shape index (κ2) is 9.17. The van der Waals surface area contributed by atoms with Crippen LogP contribution in [0.15, 0.2) is 60.7 Å². The van der Waals surface area contributed by atoms with Gasteiger partial charge in [-0.1, -0.05) is 24.3 Å². The Hall–Kier alpha value is -3.74. The Kier molecular flexibility index (Phi) is 6.41. The van der Waals surface area contributed by atoms with Crippen molar-refractivity contribution in [3.63, 3.8) is 0 Å². The number of nitro groups is 1. The van der Waals surface area contributed by atoms with E-state index < -0.39 is 4.92 Å². The van der Waals surface area contributed by atoms with E-state index in [0.717, 1.165) is 16.7 Å². The van der Waals surface area contributed by atoms with Crippen LogP contribution in [0.5, 0.6) is 23.0 Å². The maximum absolute atomic E-state index is 11.1. The molecule has 0 fully saturated rings. The fourth-order valence-electron chi connectivity index (χ4n) is 3.43. The number of rotatable bonds is 8. The average Bonchev–Trinajstić information content (AvgIpc) is 2.79. The van der Waals surface area contributed by atoms with Crippen LogP contribution in [0.3, 0.4) is 0 Å². The molecule has 0 atom stereocenters. The van der Waals surface area contributed by atoms with Gasteiger partial charge in [0.25, 0.3) is 5.69 Å². The lowest BCUT2D eigenvalue weighted by molar-refractivity contribution is -0.384. The Morgan fingerprint density at radius 1 is 0.700 bits per heavy atom. The number of methoxy groups -OCH3 is 4. The van der Waals surface area contributed by atoms with E-state index in [2.05, 4.69) is 0 Å². The van der Waals surface area contributed by atoms with Crippen LogP contribution in [0, 0.1) is 10.1 Å². The summed E-state index contributed by atoms with van der Waals surface area (Å²) in [5.74, 6) is 2.30. The number of non-ortho nitro benzene ring substituents is 1.